The summed E-state index contributed by atoms with van der Waals surface area (Å²) in [5.41, 5.74) is 1.09. The van der Waals surface area contributed by atoms with Crippen LogP contribution in [0.15, 0.2) is 10.4 Å². The number of hydrogen-bond acceptors (Lipinski definition) is 4. The molecule has 6 heteroatoms. The van der Waals surface area contributed by atoms with Gasteiger partial charge in [0.1, 0.15) is 0 Å². The highest BCUT2D eigenvalue weighted by Gasteiger charge is 2.22. The van der Waals surface area contributed by atoms with Gasteiger partial charge < -0.3 is 10.6 Å². The molecule has 1 aromatic heterocycles. The summed E-state index contributed by atoms with van der Waals surface area (Å²) in [7, 11) is 1.82. The molecule has 124 valence electrons. The molecule has 1 saturated heterocycles. The summed E-state index contributed by atoms with van der Waals surface area (Å²) in [4.78, 5) is 11.5. The predicted octanol–water partition coefficient (Wildman–Crippen LogP) is 2.42. The van der Waals surface area contributed by atoms with Crippen molar-refractivity contribution in [2.24, 2.45) is 4.99 Å². The maximum Gasteiger partial charge on any atom is 0.191 e. The molecule has 2 N–H and O–H groups in total. The first-order valence-electron chi connectivity index (χ1n) is 8.26. The van der Waals surface area contributed by atoms with E-state index >= 15 is 0 Å². The second-order valence-corrected chi connectivity index (χ2v) is 6.95. The van der Waals surface area contributed by atoms with Crippen LogP contribution >= 0.6 is 11.3 Å². The van der Waals surface area contributed by atoms with Crippen LogP contribution in [0.1, 0.15) is 50.2 Å². The molecule has 1 aliphatic heterocycles. The lowest BCUT2D eigenvalue weighted by Crippen LogP contribution is -2.44. The Kier molecular flexibility index (Phi) is 6.64. The van der Waals surface area contributed by atoms with Crippen molar-refractivity contribution in [1.82, 2.24) is 20.5 Å². The fourth-order valence-corrected chi connectivity index (χ4v) is 3.66. The molecule has 0 amide bonds. The summed E-state index contributed by atoms with van der Waals surface area (Å²) in [6.07, 6.45) is 2.59. The second kappa shape index (κ2) is 8.48. The predicted molar refractivity (Wildman–Crippen MR) is 94.7 cm³/mol. The number of likely N-dealkylation sites (N-methyl/N-ethyl adjacent to an activating group) is 1. The number of nitrogens with one attached hydrogen (secondary N) is 2. The number of aliphatic imine (C=N–C) groups is 1. The fourth-order valence-electron chi connectivity index (χ4n) is 2.82. The zero-order valence-electron chi connectivity index (χ0n) is 14.2. The first-order valence-corrected chi connectivity index (χ1v) is 9.14. The van der Waals surface area contributed by atoms with Crippen molar-refractivity contribution < 1.29 is 0 Å². The number of nitrogens with zero attached hydrogens (tertiary/aromatic N) is 3. The van der Waals surface area contributed by atoms with E-state index in [1.54, 1.807) is 11.3 Å². The van der Waals surface area contributed by atoms with Gasteiger partial charge in [-0.05, 0) is 25.9 Å². The van der Waals surface area contributed by atoms with E-state index in [0.717, 1.165) is 31.3 Å². The van der Waals surface area contributed by atoms with Crippen LogP contribution in [0.4, 0.5) is 0 Å². The lowest BCUT2D eigenvalue weighted by atomic mass is 10.2. The summed E-state index contributed by atoms with van der Waals surface area (Å²) < 4.78 is 0. The summed E-state index contributed by atoms with van der Waals surface area (Å²) in [5.74, 6) is 1.36. The Morgan fingerprint density at radius 1 is 1.50 bits per heavy atom. The van der Waals surface area contributed by atoms with Crippen LogP contribution in [0.5, 0.6) is 0 Å². The van der Waals surface area contributed by atoms with Crippen LogP contribution in [-0.4, -0.2) is 48.6 Å². The molecule has 1 atom stereocenters. The minimum Gasteiger partial charge on any atom is -0.355 e. The van der Waals surface area contributed by atoms with Gasteiger partial charge in [-0.1, -0.05) is 20.8 Å². The van der Waals surface area contributed by atoms with Gasteiger partial charge >= 0.3 is 0 Å². The van der Waals surface area contributed by atoms with Gasteiger partial charge in [0.25, 0.3) is 0 Å². The van der Waals surface area contributed by atoms with Crippen molar-refractivity contribution in [3.63, 3.8) is 0 Å². The number of likely N-dealkylation sites (tertiary alicyclic amines) is 1. The van der Waals surface area contributed by atoms with Crippen molar-refractivity contribution in [2.75, 3.05) is 26.7 Å². The first-order chi connectivity index (χ1) is 10.6. The lowest BCUT2D eigenvalue weighted by molar-refractivity contribution is 0.267. The Morgan fingerprint density at radius 3 is 2.95 bits per heavy atom. The Balaban J connectivity index is 1.77. The quantitative estimate of drug-likeness (QED) is 0.623. The molecule has 2 heterocycles. The third kappa shape index (κ3) is 4.68. The van der Waals surface area contributed by atoms with Crippen LogP contribution in [-0.2, 0) is 6.54 Å². The molecule has 1 aromatic rings. The minimum absolute atomic E-state index is 0.499. The van der Waals surface area contributed by atoms with Crippen molar-refractivity contribution >= 4 is 17.3 Å². The summed E-state index contributed by atoms with van der Waals surface area (Å²) >= 11 is 1.74. The second-order valence-electron chi connectivity index (χ2n) is 6.06. The molecule has 0 aromatic carbocycles. The molecule has 5 nitrogen and oxygen atoms in total. The number of thiazole rings is 1. The highest BCUT2D eigenvalue weighted by Crippen LogP contribution is 2.19. The third-order valence-electron chi connectivity index (χ3n) is 4.13. The van der Waals surface area contributed by atoms with E-state index < -0.39 is 0 Å². The summed E-state index contributed by atoms with van der Waals surface area (Å²) in [6, 6.07) is 0.635. The normalized spacial score (nSPS) is 19.9. The Labute approximate surface area is 138 Å². The van der Waals surface area contributed by atoms with E-state index in [9.17, 15) is 0 Å². The van der Waals surface area contributed by atoms with E-state index in [-0.39, 0.29) is 0 Å². The fraction of sp³-hybridized carbons (Fsp3) is 0.750. The maximum atomic E-state index is 4.64. The molecule has 0 aliphatic carbocycles. The first kappa shape index (κ1) is 17.2. The molecule has 0 radical (unpaired) electrons. The monoisotopic (exact) mass is 323 g/mol. The van der Waals surface area contributed by atoms with Gasteiger partial charge in [0, 0.05) is 30.9 Å². The molecule has 1 unspecified atom stereocenters. The van der Waals surface area contributed by atoms with Crippen LogP contribution in [0.25, 0.3) is 0 Å². The minimum atomic E-state index is 0.499. The van der Waals surface area contributed by atoms with Crippen LogP contribution < -0.4 is 10.6 Å². The average Bonchev–Trinajstić information content (AvgIpc) is 3.16. The summed E-state index contributed by atoms with van der Waals surface area (Å²) in [5, 5.41) is 10.1. The molecule has 0 bridgehead atoms. The standard InChI is InChI=1S/C16H29N5S/c1-5-21-8-6-7-14(21)10-19-16(17-4)18-9-13-11-22-15(20-13)12(2)3/h11-12,14H,5-10H2,1-4H3,(H2,17,18,19). The third-order valence-corrected chi connectivity index (χ3v) is 5.33. The zero-order chi connectivity index (χ0) is 15.9. The Hall–Kier alpha value is -1.14. The van der Waals surface area contributed by atoms with Gasteiger partial charge in [0.05, 0.1) is 17.2 Å². The van der Waals surface area contributed by atoms with Crippen molar-refractivity contribution in [2.45, 2.75) is 52.1 Å². The topological polar surface area (TPSA) is 52.5 Å². The number of hydrogen-bond donors (Lipinski definition) is 2. The van der Waals surface area contributed by atoms with Gasteiger partial charge in [-0.2, -0.15) is 0 Å². The van der Waals surface area contributed by atoms with E-state index in [2.05, 4.69) is 51.7 Å². The van der Waals surface area contributed by atoms with Gasteiger partial charge in [-0.25, -0.2) is 4.98 Å². The summed E-state index contributed by atoms with van der Waals surface area (Å²) in [6.45, 7) is 10.6. The average molecular weight is 324 g/mol. The molecule has 0 saturated carbocycles. The van der Waals surface area contributed by atoms with E-state index in [4.69, 9.17) is 0 Å². The maximum absolute atomic E-state index is 4.64. The van der Waals surface area contributed by atoms with Crippen molar-refractivity contribution in [3.8, 4) is 0 Å². The Morgan fingerprint density at radius 2 is 2.32 bits per heavy atom. The highest BCUT2D eigenvalue weighted by molar-refractivity contribution is 7.09. The van der Waals surface area contributed by atoms with Gasteiger partial charge in [0.2, 0.25) is 0 Å². The molecular weight excluding hydrogens is 294 g/mol. The van der Waals surface area contributed by atoms with E-state index in [1.165, 1.54) is 24.4 Å². The van der Waals surface area contributed by atoms with Gasteiger partial charge in [0.15, 0.2) is 5.96 Å². The molecule has 22 heavy (non-hydrogen) atoms. The van der Waals surface area contributed by atoms with Crippen LogP contribution in [0, 0.1) is 0 Å². The smallest absolute Gasteiger partial charge is 0.191 e. The molecule has 1 fully saturated rings. The lowest BCUT2D eigenvalue weighted by Gasteiger charge is -2.23. The highest BCUT2D eigenvalue weighted by atomic mass is 32.1. The molecule has 0 spiro atoms. The zero-order valence-corrected chi connectivity index (χ0v) is 15.0. The largest absolute Gasteiger partial charge is 0.355 e. The van der Waals surface area contributed by atoms with Crippen molar-refractivity contribution in [3.05, 3.63) is 16.1 Å². The molecule has 2 rings (SSSR count). The SMILES string of the molecule is CCN1CCCC1CNC(=NC)NCc1csc(C(C)C)n1. The van der Waals surface area contributed by atoms with Gasteiger partial charge in [-0.15, -0.1) is 11.3 Å². The molecular formula is C16H29N5S. The number of guanidine groups is 1. The number of rotatable bonds is 6. The number of aromatic nitrogens is 1. The van der Waals surface area contributed by atoms with Crippen molar-refractivity contribution in [1.29, 1.82) is 0 Å². The van der Waals surface area contributed by atoms with E-state index in [0.29, 0.717) is 12.0 Å². The molecule has 1 aliphatic rings. The van der Waals surface area contributed by atoms with E-state index in [1.807, 2.05) is 7.05 Å². The Bertz CT molecular complexity index is 483. The van der Waals surface area contributed by atoms with Crippen LogP contribution in [0.3, 0.4) is 0 Å². The van der Waals surface area contributed by atoms with Crippen LogP contribution in [0.2, 0.25) is 0 Å². The van der Waals surface area contributed by atoms with Gasteiger partial charge in [-0.3, -0.25) is 9.89 Å².